The highest BCUT2D eigenvalue weighted by Gasteiger charge is 2.25. The largest absolute Gasteiger partial charge is 0.445 e. The van der Waals surface area contributed by atoms with E-state index in [1.807, 2.05) is 18.3 Å². The van der Waals surface area contributed by atoms with Gasteiger partial charge < -0.3 is 14.6 Å². The molecule has 0 aromatic carbocycles. The smallest absolute Gasteiger partial charge is 0.224 e. The monoisotopic (exact) mass is 342 g/mol. The highest BCUT2D eigenvalue weighted by Crippen LogP contribution is 2.21. The summed E-state index contributed by atoms with van der Waals surface area (Å²) in [6.07, 6.45) is 6.13. The third-order valence-corrected chi connectivity index (χ3v) is 4.19. The molecular formula is C18H22N4O3. The van der Waals surface area contributed by atoms with E-state index in [1.54, 1.807) is 11.1 Å². The Morgan fingerprint density at radius 2 is 2.24 bits per heavy atom. The van der Waals surface area contributed by atoms with Gasteiger partial charge in [0.25, 0.3) is 0 Å². The predicted octanol–water partition coefficient (Wildman–Crippen LogP) is 1.27. The molecule has 3 heterocycles. The number of amides is 2. The molecule has 25 heavy (non-hydrogen) atoms. The molecule has 0 bridgehead atoms. The molecule has 0 fully saturated rings. The van der Waals surface area contributed by atoms with Crippen LogP contribution in [0.1, 0.15) is 36.3 Å². The van der Waals surface area contributed by atoms with Crippen LogP contribution in [0.4, 0.5) is 0 Å². The minimum atomic E-state index is -0.122. The van der Waals surface area contributed by atoms with E-state index in [2.05, 4.69) is 15.3 Å². The summed E-state index contributed by atoms with van der Waals surface area (Å²) in [7, 11) is 0. The first-order chi connectivity index (χ1) is 12.1. The lowest BCUT2D eigenvalue weighted by Crippen LogP contribution is -2.37. The van der Waals surface area contributed by atoms with Gasteiger partial charge in [0.1, 0.15) is 11.5 Å². The number of pyridine rings is 1. The molecule has 0 radical (unpaired) electrons. The molecule has 7 heteroatoms. The maximum absolute atomic E-state index is 12.2. The Hall–Kier alpha value is -2.70. The van der Waals surface area contributed by atoms with Crippen molar-refractivity contribution >= 4 is 11.8 Å². The zero-order chi connectivity index (χ0) is 17.6. The Morgan fingerprint density at radius 1 is 1.36 bits per heavy atom. The summed E-state index contributed by atoms with van der Waals surface area (Å²) in [5, 5.41) is 2.65. The Bertz CT molecular complexity index is 742. The maximum Gasteiger partial charge on any atom is 0.224 e. The maximum atomic E-state index is 12.2. The third-order valence-electron chi connectivity index (χ3n) is 4.19. The van der Waals surface area contributed by atoms with Crippen LogP contribution >= 0.6 is 0 Å². The third kappa shape index (κ3) is 4.65. The van der Waals surface area contributed by atoms with E-state index in [0.717, 1.165) is 29.9 Å². The number of fused-ring (bicyclic) bond motifs is 1. The molecule has 0 aliphatic carbocycles. The van der Waals surface area contributed by atoms with Crippen molar-refractivity contribution < 1.29 is 14.0 Å². The zero-order valence-electron chi connectivity index (χ0n) is 14.3. The van der Waals surface area contributed by atoms with Gasteiger partial charge in [0.05, 0.1) is 6.54 Å². The van der Waals surface area contributed by atoms with E-state index < -0.39 is 0 Å². The molecule has 3 rings (SSSR count). The van der Waals surface area contributed by atoms with Crippen LogP contribution < -0.4 is 5.32 Å². The van der Waals surface area contributed by atoms with Crippen LogP contribution in [0.2, 0.25) is 0 Å². The van der Waals surface area contributed by atoms with E-state index in [0.29, 0.717) is 38.4 Å². The lowest BCUT2D eigenvalue weighted by atomic mass is 10.1. The van der Waals surface area contributed by atoms with Gasteiger partial charge in [-0.25, -0.2) is 4.98 Å². The summed E-state index contributed by atoms with van der Waals surface area (Å²) >= 11 is 0. The van der Waals surface area contributed by atoms with Crippen molar-refractivity contribution in [2.75, 3.05) is 13.1 Å². The number of hydrogen-bond donors (Lipinski definition) is 1. The van der Waals surface area contributed by atoms with E-state index in [4.69, 9.17) is 4.42 Å². The molecule has 0 saturated heterocycles. The molecule has 2 aromatic rings. The molecule has 1 aliphatic heterocycles. The van der Waals surface area contributed by atoms with E-state index in [-0.39, 0.29) is 11.8 Å². The summed E-state index contributed by atoms with van der Waals surface area (Å²) in [4.78, 5) is 33.5. The van der Waals surface area contributed by atoms with Crippen molar-refractivity contribution in [2.24, 2.45) is 0 Å². The molecule has 0 unspecified atom stereocenters. The number of carbonyl (C=O) groups excluding carboxylic acids is 2. The summed E-state index contributed by atoms with van der Waals surface area (Å²) in [6.45, 7) is 2.92. The Balaban J connectivity index is 1.54. The zero-order valence-corrected chi connectivity index (χ0v) is 14.3. The highest BCUT2D eigenvalue weighted by atomic mass is 16.4. The highest BCUT2D eigenvalue weighted by molar-refractivity contribution is 5.78. The second-order valence-corrected chi connectivity index (χ2v) is 6.14. The molecule has 2 aromatic heterocycles. The molecule has 1 aliphatic rings. The standard InChI is InChI=1S/C18H22N4O3/c1-13(23)20-9-6-18(24)22-10-7-16-15(12-22)21-17(25-16)5-4-14-3-2-8-19-11-14/h2-3,8,11H,4-7,9-10,12H2,1H3,(H,20,23). The Kier molecular flexibility index (Phi) is 5.42. The SMILES string of the molecule is CC(=O)NCCC(=O)N1CCc2oc(CCc3cccnc3)nc2C1. The van der Waals surface area contributed by atoms with Gasteiger partial charge in [-0.2, -0.15) is 0 Å². The van der Waals surface area contributed by atoms with Crippen molar-refractivity contribution in [1.29, 1.82) is 0 Å². The minimum absolute atomic E-state index is 0.0271. The average molecular weight is 342 g/mol. The number of hydrogen-bond acceptors (Lipinski definition) is 5. The molecule has 0 spiro atoms. The molecule has 7 nitrogen and oxygen atoms in total. The van der Waals surface area contributed by atoms with Gasteiger partial charge in [0, 0.05) is 51.7 Å². The van der Waals surface area contributed by atoms with Crippen molar-refractivity contribution in [3.05, 3.63) is 47.4 Å². The fourth-order valence-electron chi connectivity index (χ4n) is 2.87. The number of oxazole rings is 1. The number of aromatic nitrogens is 2. The second kappa shape index (κ2) is 7.92. The fourth-order valence-corrected chi connectivity index (χ4v) is 2.87. The Morgan fingerprint density at radius 3 is 3.00 bits per heavy atom. The van der Waals surface area contributed by atoms with E-state index >= 15 is 0 Å². The van der Waals surface area contributed by atoms with Gasteiger partial charge in [-0.15, -0.1) is 0 Å². The van der Waals surface area contributed by atoms with Gasteiger partial charge in [-0.3, -0.25) is 14.6 Å². The molecule has 0 atom stereocenters. The summed E-state index contributed by atoms with van der Waals surface area (Å²) < 4.78 is 5.84. The van der Waals surface area contributed by atoms with E-state index in [1.165, 1.54) is 6.92 Å². The fraction of sp³-hybridized carbons (Fsp3) is 0.444. The molecule has 1 N–H and O–H groups in total. The van der Waals surface area contributed by atoms with Gasteiger partial charge in [-0.05, 0) is 18.1 Å². The average Bonchev–Trinajstić information content (AvgIpc) is 3.02. The van der Waals surface area contributed by atoms with Crippen LogP contribution in [-0.2, 0) is 35.4 Å². The van der Waals surface area contributed by atoms with Crippen LogP contribution in [0.5, 0.6) is 0 Å². The van der Waals surface area contributed by atoms with Crippen molar-refractivity contribution in [3.63, 3.8) is 0 Å². The lowest BCUT2D eigenvalue weighted by Gasteiger charge is -2.25. The first-order valence-corrected chi connectivity index (χ1v) is 8.50. The van der Waals surface area contributed by atoms with Gasteiger partial charge in [-0.1, -0.05) is 6.07 Å². The van der Waals surface area contributed by atoms with Crippen LogP contribution in [0.3, 0.4) is 0 Å². The number of nitrogens with zero attached hydrogens (tertiary/aromatic N) is 3. The summed E-state index contributed by atoms with van der Waals surface area (Å²) in [6, 6.07) is 3.95. The summed E-state index contributed by atoms with van der Waals surface area (Å²) in [5.74, 6) is 1.50. The molecule has 132 valence electrons. The number of nitrogens with one attached hydrogen (secondary N) is 1. The minimum Gasteiger partial charge on any atom is -0.445 e. The van der Waals surface area contributed by atoms with Gasteiger partial charge in [0.15, 0.2) is 5.89 Å². The molecule has 0 saturated carbocycles. The van der Waals surface area contributed by atoms with Crippen LogP contribution in [0, 0.1) is 0 Å². The predicted molar refractivity (Wildman–Crippen MR) is 90.6 cm³/mol. The number of rotatable bonds is 6. The van der Waals surface area contributed by atoms with E-state index in [9.17, 15) is 9.59 Å². The van der Waals surface area contributed by atoms with Crippen molar-refractivity contribution in [3.8, 4) is 0 Å². The molecule has 2 amide bonds. The van der Waals surface area contributed by atoms with Gasteiger partial charge in [0.2, 0.25) is 11.8 Å². The van der Waals surface area contributed by atoms with Gasteiger partial charge >= 0.3 is 0 Å². The summed E-state index contributed by atoms with van der Waals surface area (Å²) in [5.41, 5.74) is 1.99. The van der Waals surface area contributed by atoms with Crippen molar-refractivity contribution in [1.82, 2.24) is 20.2 Å². The number of carbonyl (C=O) groups is 2. The second-order valence-electron chi connectivity index (χ2n) is 6.14. The van der Waals surface area contributed by atoms with Crippen LogP contribution in [0.15, 0.2) is 28.9 Å². The Labute approximate surface area is 146 Å². The lowest BCUT2D eigenvalue weighted by molar-refractivity contribution is -0.132. The number of aryl methyl sites for hydroxylation is 2. The quantitative estimate of drug-likeness (QED) is 0.854. The van der Waals surface area contributed by atoms with Crippen molar-refractivity contribution in [2.45, 2.75) is 39.2 Å². The first-order valence-electron chi connectivity index (χ1n) is 8.50. The van der Waals surface area contributed by atoms with Crippen LogP contribution in [0.25, 0.3) is 0 Å². The normalized spacial score (nSPS) is 13.4. The van der Waals surface area contributed by atoms with Crippen LogP contribution in [-0.4, -0.2) is 39.8 Å². The molecular weight excluding hydrogens is 320 g/mol. The first kappa shape index (κ1) is 17.1. The topological polar surface area (TPSA) is 88.3 Å².